The maximum absolute atomic E-state index is 14.1. The van der Waals surface area contributed by atoms with Crippen LogP contribution in [0, 0.1) is 12.7 Å². The molecule has 0 saturated heterocycles. The van der Waals surface area contributed by atoms with Crippen LogP contribution >= 0.6 is 0 Å². The monoisotopic (exact) mass is 346 g/mol. The minimum Gasteiger partial charge on any atom is -0.468 e. The van der Waals surface area contributed by atoms with Gasteiger partial charge in [0.1, 0.15) is 5.82 Å². The largest absolute Gasteiger partial charge is 0.468 e. The first-order valence-corrected chi connectivity index (χ1v) is 8.59. The number of carbonyl (C=O) groups is 1. The van der Waals surface area contributed by atoms with Gasteiger partial charge in [-0.25, -0.2) is 4.39 Å². The van der Waals surface area contributed by atoms with Crippen molar-refractivity contribution in [3.05, 3.63) is 56.8 Å². The van der Waals surface area contributed by atoms with E-state index in [0.717, 1.165) is 11.3 Å². The van der Waals surface area contributed by atoms with Gasteiger partial charge in [0.05, 0.1) is 12.5 Å². The van der Waals surface area contributed by atoms with Gasteiger partial charge in [0.25, 0.3) is 5.56 Å². The van der Waals surface area contributed by atoms with Crippen molar-refractivity contribution in [2.45, 2.75) is 51.5 Å². The van der Waals surface area contributed by atoms with E-state index in [1.807, 2.05) is 6.92 Å². The number of hydrogen-bond acceptors (Lipinski definition) is 3. The minimum atomic E-state index is -0.940. The van der Waals surface area contributed by atoms with Gasteiger partial charge in [-0.3, -0.25) is 19.4 Å². The second-order valence-corrected chi connectivity index (χ2v) is 6.60. The van der Waals surface area contributed by atoms with Crippen molar-refractivity contribution in [3.8, 4) is 0 Å². The van der Waals surface area contributed by atoms with Gasteiger partial charge in [0.2, 0.25) is 0 Å². The molecular formula is C19H23FN2O3. The number of rotatable bonds is 3. The fourth-order valence-corrected chi connectivity index (χ4v) is 3.97. The second-order valence-electron chi connectivity index (χ2n) is 6.60. The van der Waals surface area contributed by atoms with Gasteiger partial charge in [0.15, 0.2) is 0 Å². The van der Waals surface area contributed by atoms with E-state index in [0.29, 0.717) is 43.4 Å². The van der Waals surface area contributed by atoms with Crippen molar-refractivity contribution >= 4 is 5.97 Å². The molecule has 0 spiro atoms. The van der Waals surface area contributed by atoms with Gasteiger partial charge in [-0.15, -0.1) is 0 Å². The number of nitrogens with zero attached hydrogens (tertiary/aromatic N) is 1. The van der Waals surface area contributed by atoms with Crippen LogP contribution in [0.2, 0.25) is 0 Å². The number of carbonyl (C=O) groups excluding carboxylic acids is 1. The van der Waals surface area contributed by atoms with Crippen LogP contribution in [0.5, 0.6) is 0 Å². The Morgan fingerprint density at radius 2 is 2.08 bits per heavy atom. The summed E-state index contributed by atoms with van der Waals surface area (Å²) in [6.07, 6.45) is 1.90. The van der Waals surface area contributed by atoms with Gasteiger partial charge >= 0.3 is 5.97 Å². The first kappa shape index (κ1) is 17.5. The van der Waals surface area contributed by atoms with Crippen molar-refractivity contribution in [2.75, 3.05) is 7.11 Å². The number of aromatic nitrogens is 2. The van der Waals surface area contributed by atoms with Crippen LogP contribution in [-0.2, 0) is 34.3 Å². The number of nitrogens with one attached hydrogen (secondary N) is 1. The third-order valence-electron chi connectivity index (χ3n) is 5.42. The summed E-state index contributed by atoms with van der Waals surface area (Å²) < 4.78 is 20.8. The number of aryl methyl sites for hydroxylation is 2. The zero-order valence-electron chi connectivity index (χ0n) is 14.8. The van der Waals surface area contributed by atoms with E-state index in [4.69, 9.17) is 4.74 Å². The van der Waals surface area contributed by atoms with E-state index in [1.54, 1.807) is 23.7 Å². The average molecular weight is 346 g/mol. The summed E-state index contributed by atoms with van der Waals surface area (Å²) in [5.74, 6) is -0.709. The minimum absolute atomic E-state index is 0.0332. The maximum atomic E-state index is 14.1. The Morgan fingerprint density at radius 3 is 2.76 bits per heavy atom. The molecular weight excluding hydrogens is 323 g/mol. The van der Waals surface area contributed by atoms with E-state index in [9.17, 15) is 14.0 Å². The molecule has 1 aromatic carbocycles. The molecule has 25 heavy (non-hydrogen) atoms. The SMILES string of the molecule is CCn1[nH]c2c(c1=O)CCC(C(=O)OC)(c1cccc(F)c1C)CC2. The van der Waals surface area contributed by atoms with Gasteiger partial charge < -0.3 is 4.74 Å². The molecule has 6 heteroatoms. The predicted molar refractivity (Wildman–Crippen MR) is 92.2 cm³/mol. The molecule has 1 aliphatic rings. The van der Waals surface area contributed by atoms with E-state index < -0.39 is 5.41 Å². The fourth-order valence-electron chi connectivity index (χ4n) is 3.97. The number of hydrogen-bond donors (Lipinski definition) is 1. The highest BCUT2D eigenvalue weighted by Crippen LogP contribution is 2.40. The molecule has 1 heterocycles. The highest BCUT2D eigenvalue weighted by atomic mass is 19.1. The number of aromatic amines is 1. The standard InChI is InChI=1S/C19H23FN2O3/c1-4-22-17(23)13-8-10-19(18(24)25-3,11-9-16(13)21-22)14-6-5-7-15(20)12(14)2/h5-7,21H,4,8-11H2,1-3H3. The average Bonchev–Trinajstić information content (AvgIpc) is 2.80. The van der Waals surface area contributed by atoms with Crippen LogP contribution in [0.25, 0.3) is 0 Å². The van der Waals surface area contributed by atoms with Crippen LogP contribution in [0.3, 0.4) is 0 Å². The first-order valence-electron chi connectivity index (χ1n) is 8.59. The number of halogens is 1. The topological polar surface area (TPSA) is 64.1 Å². The lowest BCUT2D eigenvalue weighted by atomic mass is 9.72. The van der Waals surface area contributed by atoms with Crippen LogP contribution in [0.1, 0.15) is 42.1 Å². The Morgan fingerprint density at radius 1 is 1.36 bits per heavy atom. The molecule has 3 rings (SSSR count). The van der Waals surface area contributed by atoms with Gasteiger partial charge in [-0.2, -0.15) is 0 Å². The van der Waals surface area contributed by atoms with Gasteiger partial charge in [0, 0.05) is 17.8 Å². The highest BCUT2D eigenvalue weighted by molar-refractivity contribution is 5.84. The summed E-state index contributed by atoms with van der Waals surface area (Å²) >= 11 is 0. The number of methoxy groups -OCH3 is 1. The highest BCUT2D eigenvalue weighted by Gasteiger charge is 2.44. The summed E-state index contributed by atoms with van der Waals surface area (Å²) in [5.41, 5.74) is 1.73. The van der Waals surface area contributed by atoms with Crippen molar-refractivity contribution in [3.63, 3.8) is 0 Å². The van der Waals surface area contributed by atoms with Crippen molar-refractivity contribution in [2.24, 2.45) is 0 Å². The predicted octanol–water partition coefficient (Wildman–Crippen LogP) is 2.63. The Hall–Kier alpha value is -2.37. The lowest BCUT2D eigenvalue weighted by Crippen LogP contribution is -2.38. The Balaban J connectivity index is 2.09. The Kier molecular flexibility index (Phi) is 4.54. The number of ether oxygens (including phenoxy) is 1. The van der Waals surface area contributed by atoms with Crippen molar-refractivity contribution in [1.82, 2.24) is 9.78 Å². The third kappa shape index (κ3) is 2.69. The number of benzene rings is 1. The summed E-state index contributed by atoms with van der Waals surface area (Å²) in [6, 6.07) is 4.80. The lowest BCUT2D eigenvalue weighted by molar-refractivity contribution is -0.148. The number of fused-ring (bicyclic) bond motifs is 1. The van der Waals surface area contributed by atoms with E-state index in [2.05, 4.69) is 5.10 Å². The van der Waals surface area contributed by atoms with E-state index >= 15 is 0 Å². The van der Waals surface area contributed by atoms with Crippen LogP contribution < -0.4 is 5.56 Å². The summed E-state index contributed by atoms with van der Waals surface area (Å²) in [6.45, 7) is 4.17. The molecule has 0 radical (unpaired) electrons. The smallest absolute Gasteiger partial charge is 0.316 e. The van der Waals surface area contributed by atoms with Crippen LogP contribution in [0.15, 0.2) is 23.0 Å². The maximum Gasteiger partial charge on any atom is 0.316 e. The molecule has 134 valence electrons. The zero-order valence-corrected chi connectivity index (χ0v) is 14.8. The zero-order chi connectivity index (χ0) is 18.2. The Bertz CT molecular complexity index is 868. The summed E-state index contributed by atoms with van der Waals surface area (Å²) in [4.78, 5) is 25.2. The number of H-pyrrole nitrogens is 1. The molecule has 0 amide bonds. The Labute approximate surface area is 145 Å². The molecule has 2 aromatic rings. The molecule has 1 unspecified atom stereocenters. The molecule has 0 bridgehead atoms. The molecule has 1 atom stereocenters. The van der Waals surface area contributed by atoms with Gasteiger partial charge in [-0.05, 0) is 56.7 Å². The molecule has 1 aliphatic carbocycles. The second kappa shape index (κ2) is 6.50. The van der Waals surface area contributed by atoms with Crippen molar-refractivity contribution in [1.29, 1.82) is 0 Å². The summed E-state index contributed by atoms with van der Waals surface area (Å²) in [5, 5.41) is 3.14. The number of esters is 1. The molecule has 0 fully saturated rings. The third-order valence-corrected chi connectivity index (χ3v) is 5.42. The van der Waals surface area contributed by atoms with Crippen LogP contribution in [0.4, 0.5) is 4.39 Å². The van der Waals surface area contributed by atoms with E-state index in [-0.39, 0.29) is 17.3 Å². The quantitative estimate of drug-likeness (QED) is 0.686. The van der Waals surface area contributed by atoms with E-state index in [1.165, 1.54) is 13.2 Å². The molecule has 5 nitrogen and oxygen atoms in total. The normalized spacial score (nSPS) is 20.0. The summed E-state index contributed by atoms with van der Waals surface area (Å²) in [7, 11) is 1.35. The molecule has 0 saturated carbocycles. The van der Waals surface area contributed by atoms with Crippen LogP contribution in [-0.4, -0.2) is 22.9 Å². The van der Waals surface area contributed by atoms with Gasteiger partial charge in [-0.1, -0.05) is 12.1 Å². The molecule has 1 aromatic heterocycles. The fraction of sp³-hybridized carbons (Fsp3) is 0.474. The lowest BCUT2D eigenvalue weighted by Gasteiger charge is -2.31. The van der Waals surface area contributed by atoms with Crippen molar-refractivity contribution < 1.29 is 13.9 Å². The first-order chi connectivity index (χ1) is 11.9. The molecule has 0 aliphatic heterocycles. The molecule has 1 N–H and O–H groups in total.